The molecule has 1 N–H and O–H groups in total. The molecule has 8 heteroatoms. The fourth-order valence-corrected chi connectivity index (χ4v) is 3.52. The van der Waals surface area contributed by atoms with Crippen LogP contribution in [0.3, 0.4) is 0 Å². The van der Waals surface area contributed by atoms with E-state index in [1.807, 2.05) is 50.2 Å². The van der Waals surface area contributed by atoms with Crippen molar-refractivity contribution in [3.05, 3.63) is 54.1 Å². The van der Waals surface area contributed by atoms with Crippen LogP contribution in [0, 0.1) is 0 Å². The van der Waals surface area contributed by atoms with E-state index in [0.717, 1.165) is 5.69 Å². The van der Waals surface area contributed by atoms with Crippen molar-refractivity contribution < 1.29 is 9.53 Å². The van der Waals surface area contributed by atoms with Gasteiger partial charge in [0.1, 0.15) is 5.75 Å². The number of nitrogens with one attached hydrogen (secondary N) is 1. The van der Waals surface area contributed by atoms with Crippen molar-refractivity contribution in [1.29, 1.82) is 0 Å². The molecule has 1 heterocycles. The van der Waals surface area contributed by atoms with Crippen molar-refractivity contribution >= 4 is 23.4 Å². The minimum Gasteiger partial charge on any atom is -0.492 e. The molecule has 1 atom stereocenters. The number of benzene rings is 2. The molecule has 0 saturated carbocycles. The van der Waals surface area contributed by atoms with Gasteiger partial charge >= 0.3 is 0 Å². The normalized spacial score (nSPS) is 12.0. The molecule has 0 radical (unpaired) electrons. The lowest BCUT2D eigenvalue weighted by molar-refractivity contribution is -0.115. The smallest absolute Gasteiger partial charge is 0.237 e. The number of ether oxygens (including phenoxy) is 1. The van der Waals surface area contributed by atoms with Crippen LogP contribution >= 0.6 is 11.8 Å². The molecule has 3 rings (SSSR count). The van der Waals surface area contributed by atoms with E-state index < -0.39 is 5.25 Å². The molecule has 2 aromatic carbocycles. The van der Waals surface area contributed by atoms with Gasteiger partial charge in [-0.2, -0.15) is 4.68 Å². The van der Waals surface area contributed by atoms with E-state index in [1.54, 1.807) is 4.68 Å². The monoisotopic (exact) mass is 411 g/mol. The van der Waals surface area contributed by atoms with E-state index in [-0.39, 0.29) is 5.91 Å². The van der Waals surface area contributed by atoms with Crippen molar-refractivity contribution in [3.63, 3.8) is 0 Å². The molecule has 1 unspecified atom stereocenters. The molecule has 0 fully saturated rings. The highest BCUT2D eigenvalue weighted by Crippen LogP contribution is 2.27. The van der Waals surface area contributed by atoms with Gasteiger partial charge in [0.15, 0.2) is 0 Å². The molecule has 0 spiro atoms. The number of anilines is 1. The Morgan fingerprint density at radius 1 is 1.14 bits per heavy atom. The average Bonchev–Trinajstić information content (AvgIpc) is 3.17. The molecule has 152 valence electrons. The molecular formula is C21H25N5O2S. The highest BCUT2D eigenvalue weighted by Gasteiger charge is 2.20. The number of rotatable bonds is 8. The summed E-state index contributed by atoms with van der Waals surface area (Å²) in [6.07, 6.45) is 0. The molecule has 1 aromatic heterocycles. The SMILES string of the molecule is CCOc1ccccc1NC(=O)C(C)Sc1nnnn1-c1ccc(C(C)C)cc1. The zero-order valence-electron chi connectivity index (χ0n) is 17.0. The summed E-state index contributed by atoms with van der Waals surface area (Å²) in [5.41, 5.74) is 2.75. The number of carbonyl (C=O) groups is 1. The van der Waals surface area contributed by atoms with Gasteiger partial charge in [-0.25, -0.2) is 0 Å². The number of hydrogen-bond acceptors (Lipinski definition) is 6. The predicted octanol–water partition coefficient (Wildman–Crippen LogP) is 4.30. The Labute approximate surface area is 174 Å². The van der Waals surface area contributed by atoms with Crippen LogP contribution in [-0.4, -0.2) is 38.0 Å². The molecule has 0 aliphatic heterocycles. The standard InChI is InChI=1S/C21H25N5O2S/c1-5-28-19-9-7-6-8-18(19)22-20(27)15(4)29-21-23-24-25-26(21)17-12-10-16(11-13-17)14(2)3/h6-15H,5H2,1-4H3,(H,22,27). The van der Waals surface area contributed by atoms with Gasteiger partial charge in [0.25, 0.3) is 0 Å². The summed E-state index contributed by atoms with van der Waals surface area (Å²) in [7, 11) is 0. The van der Waals surface area contributed by atoms with Gasteiger partial charge < -0.3 is 10.1 Å². The lowest BCUT2D eigenvalue weighted by atomic mass is 10.0. The predicted molar refractivity (Wildman–Crippen MR) is 115 cm³/mol. The fourth-order valence-electron chi connectivity index (χ4n) is 2.71. The van der Waals surface area contributed by atoms with Crippen LogP contribution < -0.4 is 10.1 Å². The number of amides is 1. The van der Waals surface area contributed by atoms with Gasteiger partial charge in [-0.1, -0.05) is 49.9 Å². The summed E-state index contributed by atoms with van der Waals surface area (Å²) in [5, 5.41) is 15.0. The first-order chi connectivity index (χ1) is 14.0. The molecule has 0 bridgehead atoms. The highest BCUT2D eigenvalue weighted by atomic mass is 32.2. The quantitative estimate of drug-likeness (QED) is 0.557. The van der Waals surface area contributed by atoms with Crippen LogP contribution in [0.25, 0.3) is 5.69 Å². The fraction of sp³-hybridized carbons (Fsp3) is 0.333. The van der Waals surface area contributed by atoms with Crippen LogP contribution in [0.2, 0.25) is 0 Å². The Morgan fingerprint density at radius 3 is 2.55 bits per heavy atom. The highest BCUT2D eigenvalue weighted by molar-refractivity contribution is 8.00. The van der Waals surface area contributed by atoms with Crippen LogP contribution in [0.15, 0.2) is 53.7 Å². The van der Waals surface area contributed by atoms with Crippen molar-refractivity contribution in [1.82, 2.24) is 20.2 Å². The molecule has 1 amide bonds. The maximum Gasteiger partial charge on any atom is 0.237 e. The topological polar surface area (TPSA) is 81.9 Å². The Balaban J connectivity index is 1.71. The van der Waals surface area contributed by atoms with Gasteiger partial charge in [-0.05, 0) is 60.0 Å². The Morgan fingerprint density at radius 2 is 1.86 bits per heavy atom. The van der Waals surface area contributed by atoms with Crippen LogP contribution in [0.4, 0.5) is 5.69 Å². The summed E-state index contributed by atoms with van der Waals surface area (Å²) in [6.45, 7) is 8.56. The number of aromatic nitrogens is 4. The van der Waals surface area contributed by atoms with E-state index in [9.17, 15) is 4.79 Å². The summed E-state index contributed by atoms with van der Waals surface area (Å²) in [4.78, 5) is 12.7. The third kappa shape index (κ3) is 5.14. The first-order valence-corrected chi connectivity index (χ1v) is 10.5. The molecule has 29 heavy (non-hydrogen) atoms. The second-order valence-corrected chi connectivity index (χ2v) is 8.11. The third-order valence-corrected chi connectivity index (χ3v) is 5.37. The number of thioether (sulfide) groups is 1. The van der Waals surface area contributed by atoms with E-state index in [1.165, 1.54) is 17.3 Å². The van der Waals surface area contributed by atoms with E-state index >= 15 is 0 Å². The minimum atomic E-state index is -0.399. The molecule has 0 saturated heterocycles. The summed E-state index contributed by atoms with van der Waals surface area (Å²) < 4.78 is 7.21. The summed E-state index contributed by atoms with van der Waals surface area (Å²) in [6, 6.07) is 15.5. The number of para-hydroxylation sites is 2. The van der Waals surface area contributed by atoms with Crippen LogP contribution in [0.1, 0.15) is 39.2 Å². The Kier molecular flexibility index (Phi) is 6.87. The Bertz CT molecular complexity index is 956. The second kappa shape index (κ2) is 9.56. The molecule has 7 nitrogen and oxygen atoms in total. The lowest BCUT2D eigenvalue weighted by Gasteiger charge is -2.14. The lowest BCUT2D eigenvalue weighted by Crippen LogP contribution is -2.23. The van der Waals surface area contributed by atoms with Gasteiger partial charge in [0, 0.05) is 0 Å². The van der Waals surface area contributed by atoms with E-state index in [0.29, 0.717) is 29.1 Å². The molecular weight excluding hydrogens is 386 g/mol. The minimum absolute atomic E-state index is 0.146. The number of nitrogens with zero attached hydrogens (tertiary/aromatic N) is 4. The van der Waals surface area contributed by atoms with Crippen LogP contribution in [0.5, 0.6) is 5.75 Å². The Hall–Kier alpha value is -2.87. The number of carbonyl (C=O) groups excluding carboxylic acids is 1. The molecule has 0 aliphatic carbocycles. The third-order valence-electron chi connectivity index (χ3n) is 4.34. The first kappa shape index (κ1) is 20.9. The van der Waals surface area contributed by atoms with Crippen molar-refractivity contribution in [2.24, 2.45) is 0 Å². The van der Waals surface area contributed by atoms with Gasteiger partial charge in [0.2, 0.25) is 11.1 Å². The van der Waals surface area contributed by atoms with E-state index in [4.69, 9.17) is 4.74 Å². The zero-order chi connectivity index (χ0) is 20.8. The first-order valence-electron chi connectivity index (χ1n) is 9.57. The van der Waals surface area contributed by atoms with Gasteiger partial charge in [0.05, 0.1) is 23.2 Å². The average molecular weight is 412 g/mol. The number of hydrogen-bond donors (Lipinski definition) is 1. The number of tetrazole rings is 1. The van der Waals surface area contributed by atoms with E-state index in [2.05, 4.69) is 46.8 Å². The summed E-state index contributed by atoms with van der Waals surface area (Å²) >= 11 is 1.30. The zero-order valence-corrected chi connectivity index (χ0v) is 17.8. The largest absolute Gasteiger partial charge is 0.492 e. The molecule has 3 aromatic rings. The van der Waals surface area contributed by atoms with Crippen molar-refractivity contribution in [3.8, 4) is 11.4 Å². The maximum atomic E-state index is 12.7. The maximum absolute atomic E-state index is 12.7. The summed E-state index contributed by atoms with van der Waals surface area (Å²) in [5.74, 6) is 0.956. The van der Waals surface area contributed by atoms with Gasteiger partial charge in [-0.3, -0.25) is 4.79 Å². The van der Waals surface area contributed by atoms with Crippen molar-refractivity contribution in [2.45, 2.75) is 44.0 Å². The molecule has 0 aliphatic rings. The van der Waals surface area contributed by atoms with Crippen LogP contribution in [-0.2, 0) is 4.79 Å². The van der Waals surface area contributed by atoms with Gasteiger partial charge in [-0.15, -0.1) is 5.10 Å². The second-order valence-electron chi connectivity index (χ2n) is 6.80. The van der Waals surface area contributed by atoms with Crippen molar-refractivity contribution in [2.75, 3.05) is 11.9 Å².